The van der Waals surface area contributed by atoms with E-state index in [0.717, 1.165) is 0 Å². The van der Waals surface area contributed by atoms with Crippen molar-refractivity contribution in [2.24, 2.45) is 0 Å². The molecule has 0 aromatic heterocycles. The Hall–Kier alpha value is -1.07. The molecule has 0 spiro atoms. The number of nitrogens with one attached hydrogen (secondary N) is 1. The van der Waals surface area contributed by atoms with Gasteiger partial charge < -0.3 is 0 Å². The van der Waals surface area contributed by atoms with Crippen LogP contribution in [-0.2, 0) is 14.8 Å². The molecule has 1 N–H and O–H groups in total. The second-order valence-corrected chi connectivity index (χ2v) is 4.95. The van der Waals surface area contributed by atoms with Gasteiger partial charge in [0.15, 0.2) is 0 Å². The van der Waals surface area contributed by atoms with Gasteiger partial charge in [-0.25, -0.2) is 13.1 Å². The number of carbonyl (C=O) groups excluding carboxylic acids is 1. The lowest BCUT2D eigenvalue weighted by Crippen LogP contribution is -2.29. The highest BCUT2D eigenvalue weighted by Crippen LogP contribution is 2.13. The molecule has 1 aromatic carbocycles. The van der Waals surface area contributed by atoms with Crippen molar-refractivity contribution in [2.75, 3.05) is 0 Å². The molecule has 0 heterocycles. The van der Waals surface area contributed by atoms with Gasteiger partial charge in [0.1, 0.15) is 0 Å². The van der Waals surface area contributed by atoms with E-state index in [1.807, 2.05) is 4.72 Å². The summed E-state index contributed by atoms with van der Waals surface area (Å²) in [6.07, 6.45) is 0.118. The third kappa shape index (κ3) is 3.21. The van der Waals surface area contributed by atoms with Gasteiger partial charge in [-0.3, -0.25) is 4.79 Å². The highest BCUT2D eigenvalue weighted by Gasteiger charge is 2.15. The normalized spacial score (nSPS) is 11.1. The van der Waals surface area contributed by atoms with Crippen molar-refractivity contribution in [3.05, 3.63) is 29.3 Å². The molecule has 0 aliphatic carbocycles. The van der Waals surface area contributed by atoms with Crippen LogP contribution in [-0.4, -0.2) is 14.3 Å². The van der Waals surface area contributed by atoms with Gasteiger partial charge >= 0.3 is 0 Å². The maximum atomic E-state index is 11.5. The van der Waals surface area contributed by atoms with Crippen molar-refractivity contribution in [3.63, 3.8) is 0 Å². The third-order valence-electron chi connectivity index (χ3n) is 1.69. The smallest absolute Gasteiger partial charge is 0.264 e. The lowest BCUT2D eigenvalue weighted by molar-refractivity contribution is -0.119. The number of sulfonamides is 1. The number of benzene rings is 1. The third-order valence-corrected chi connectivity index (χ3v) is 3.33. The van der Waals surface area contributed by atoms with Crippen molar-refractivity contribution >= 4 is 27.5 Å². The van der Waals surface area contributed by atoms with Crippen molar-refractivity contribution in [3.8, 4) is 0 Å². The van der Waals surface area contributed by atoms with Gasteiger partial charge in [-0.1, -0.05) is 18.5 Å². The number of hydrogen-bond acceptors (Lipinski definition) is 3. The Morgan fingerprint density at radius 2 is 1.87 bits per heavy atom. The average molecular weight is 248 g/mol. The van der Waals surface area contributed by atoms with Crippen LogP contribution < -0.4 is 4.72 Å². The molecular weight excluding hydrogens is 238 g/mol. The SMILES string of the molecule is CCC(=O)NS(=O)(=O)c1ccc(Cl)cc1. The first-order valence-electron chi connectivity index (χ1n) is 4.27. The van der Waals surface area contributed by atoms with Crippen LogP contribution in [0.1, 0.15) is 13.3 Å². The fourth-order valence-corrected chi connectivity index (χ4v) is 2.08. The van der Waals surface area contributed by atoms with Crippen LogP contribution in [0.4, 0.5) is 0 Å². The first-order valence-corrected chi connectivity index (χ1v) is 6.13. The standard InChI is InChI=1S/C9H10ClNO3S/c1-2-9(12)11-15(13,14)8-5-3-7(10)4-6-8/h3-6H,2H2,1H3,(H,11,12). The molecule has 1 rings (SSSR count). The van der Waals surface area contributed by atoms with E-state index in [9.17, 15) is 13.2 Å². The highest BCUT2D eigenvalue weighted by molar-refractivity contribution is 7.90. The maximum absolute atomic E-state index is 11.5. The van der Waals surface area contributed by atoms with Crippen LogP contribution in [0.5, 0.6) is 0 Å². The Kier molecular flexibility index (Phi) is 3.71. The van der Waals surface area contributed by atoms with E-state index in [4.69, 9.17) is 11.6 Å². The van der Waals surface area contributed by atoms with Crippen LogP contribution in [0.3, 0.4) is 0 Å². The van der Waals surface area contributed by atoms with E-state index in [1.165, 1.54) is 24.3 Å². The summed E-state index contributed by atoms with van der Waals surface area (Å²) in [5.41, 5.74) is 0. The van der Waals surface area contributed by atoms with E-state index < -0.39 is 15.9 Å². The van der Waals surface area contributed by atoms with Crippen LogP contribution in [0, 0.1) is 0 Å². The van der Waals surface area contributed by atoms with Crippen molar-refractivity contribution in [2.45, 2.75) is 18.2 Å². The molecule has 0 radical (unpaired) electrons. The van der Waals surface area contributed by atoms with Crippen LogP contribution >= 0.6 is 11.6 Å². The minimum atomic E-state index is -3.75. The molecule has 0 bridgehead atoms. The van der Waals surface area contributed by atoms with E-state index >= 15 is 0 Å². The Balaban J connectivity index is 2.96. The number of rotatable bonds is 3. The molecule has 15 heavy (non-hydrogen) atoms. The first kappa shape index (κ1) is 12.0. The minimum Gasteiger partial charge on any atom is -0.274 e. The van der Waals surface area contributed by atoms with E-state index in [-0.39, 0.29) is 11.3 Å². The number of amides is 1. The predicted octanol–water partition coefficient (Wildman–Crippen LogP) is 1.55. The zero-order chi connectivity index (χ0) is 11.5. The lowest BCUT2D eigenvalue weighted by Gasteiger charge is -2.05. The average Bonchev–Trinajstić information content (AvgIpc) is 2.17. The van der Waals surface area contributed by atoms with Crippen LogP contribution in [0.25, 0.3) is 0 Å². The second kappa shape index (κ2) is 4.63. The molecule has 1 aromatic rings. The monoisotopic (exact) mass is 247 g/mol. The maximum Gasteiger partial charge on any atom is 0.264 e. The predicted molar refractivity (Wildman–Crippen MR) is 57.1 cm³/mol. The van der Waals surface area contributed by atoms with Crippen LogP contribution in [0.2, 0.25) is 5.02 Å². The van der Waals surface area contributed by atoms with Crippen molar-refractivity contribution in [1.82, 2.24) is 4.72 Å². The molecule has 82 valence electrons. The number of carbonyl (C=O) groups is 1. The number of hydrogen-bond donors (Lipinski definition) is 1. The molecular formula is C9H10ClNO3S. The summed E-state index contributed by atoms with van der Waals surface area (Å²) in [6, 6.07) is 5.58. The quantitative estimate of drug-likeness (QED) is 0.882. The second-order valence-electron chi connectivity index (χ2n) is 2.84. The fourth-order valence-electron chi connectivity index (χ4n) is 0.895. The van der Waals surface area contributed by atoms with Gasteiger partial charge in [0.05, 0.1) is 4.90 Å². The Morgan fingerprint density at radius 1 is 1.33 bits per heavy atom. The summed E-state index contributed by atoms with van der Waals surface area (Å²) in [4.78, 5) is 11.0. The highest BCUT2D eigenvalue weighted by atomic mass is 35.5. The van der Waals surface area contributed by atoms with Crippen molar-refractivity contribution < 1.29 is 13.2 Å². The summed E-state index contributed by atoms with van der Waals surface area (Å²) in [7, 11) is -3.75. The molecule has 1 amide bonds. The molecule has 0 fully saturated rings. The van der Waals surface area contributed by atoms with Gasteiger partial charge in [0, 0.05) is 11.4 Å². The summed E-state index contributed by atoms with van der Waals surface area (Å²) in [5, 5.41) is 0.441. The molecule has 0 saturated carbocycles. The van der Waals surface area contributed by atoms with Crippen LogP contribution in [0.15, 0.2) is 29.2 Å². The molecule has 0 atom stereocenters. The van der Waals surface area contributed by atoms with Crippen molar-refractivity contribution in [1.29, 1.82) is 0 Å². The molecule has 6 heteroatoms. The lowest BCUT2D eigenvalue weighted by atomic mass is 10.4. The molecule has 4 nitrogen and oxygen atoms in total. The summed E-state index contributed by atoms with van der Waals surface area (Å²) in [5.74, 6) is -0.537. The minimum absolute atomic E-state index is 0.0219. The molecule has 0 saturated heterocycles. The Bertz CT molecular complexity index is 453. The van der Waals surface area contributed by atoms with Gasteiger partial charge in [0.2, 0.25) is 5.91 Å². The van der Waals surface area contributed by atoms with E-state index in [0.29, 0.717) is 5.02 Å². The van der Waals surface area contributed by atoms with Gasteiger partial charge in [-0.05, 0) is 24.3 Å². The summed E-state index contributed by atoms with van der Waals surface area (Å²) < 4.78 is 25.0. The number of halogens is 1. The Morgan fingerprint density at radius 3 is 2.33 bits per heavy atom. The van der Waals surface area contributed by atoms with Gasteiger partial charge in [-0.2, -0.15) is 0 Å². The fraction of sp³-hybridized carbons (Fsp3) is 0.222. The largest absolute Gasteiger partial charge is 0.274 e. The summed E-state index contributed by atoms with van der Waals surface area (Å²) >= 11 is 5.61. The van der Waals surface area contributed by atoms with Gasteiger partial charge in [0.25, 0.3) is 10.0 Å². The summed E-state index contributed by atoms with van der Waals surface area (Å²) in [6.45, 7) is 1.58. The zero-order valence-electron chi connectivity index (χ0n) is 8.03. The topological polar surface area (TPSA) is 63.2 Å². The molecule has 0 aliphatic heterocycles. The van der Waals surface area contributed by atoms with Gasteiger partial charge in [-0.15, -0.1) is 0 Å². The van der Waals surface area contributed by atoms with E-state index in [2.05, 4.69) is 0 Å². The molecule has 0 unspecified atom stereocenters. The zero-order valence-corrected chi connectivity index (χ0v) is 9.60. The molecule has 0 aliphatic rings. The Labute approximate surface area is 93.3 Å². The first-order chi connectivity index (χ1) is 6.95. The van der Waals surface area contributed by atoms with E-state index in [1.54, 1.807) is 6.92 Å².